The molecular formula is C19H18N2O4. The fourth-order valence-electron chi connectivity index (χ4n) is 2.69. The summed E-state index contributed by atoms with van der Waals surface area (Å²) >= 11 is 0. The number of oxazole rings is 1. The van der Waals surface area contributed by atoms with Crippen LogP contribution < -0.4 is 0 Å². The highest BCUT2D eigenvalue weighted by Crippen LogP contribution is 2.22. The van der Waals surface area contributed by atoms with E-state index in [1.807, 2.05) is 18.2 Å². The number of nitrogens with zero attached hydrogens (tertiary/aromatic N) is 2. The van der Waals surface area contributed by atoms with E-state index in [0.717, 1.165) is 25.7 Å². The number of benzene rings is 2. The first kappa shape index (κ1) is 16.8. The van der Waals surface area contributed by atoms with E-state index >= 15 is 0 Å². The highest BCUT2D eigenvalue weighted by Gasteiger charge is 2.16. The summed E-state index contributed by atoms with van der Waals surface area (Å²) in [5, 5.41) is 10.8. The number of fused-ring (bicyclic) bond motifs is 1. The smallest absolute Gasteiger partial charge is 0.271 e. The van der Waals surface area contributed by atoms with E-state index in [2.05, 4.69) is 17.1 Å². The quantitative estimate of drug-likeness (QED) is 0.257. The summed E-state index contributed by atoms with van der Waals surface area (Å²) in [6.45, 7) is 0. The third-order valence-corrected chi connectivity index (χ3v) is 4.03. The maximum Gasteiger partial charge on any atom is 0.271 e. The molecule has 0 aliphatic carbocycles. The third kappa shape index (κ3) is 4.29. The van der Waals surface area contributed by atoms with Crippen LogP contribution in [-0.2, 0) is 6.42 Å². The summed E-state index contributed by atoms with van der Waals surface area (Å²) in [5.41, 5.74) is 1.95. The molecule has 3 aromatic rings. The van der Waals surface area contributed by atoms with Gasteiger partial charge in [0, 0.05) is 18.6 Å². The number of aromatic nitrogens is 1. The predicted molar refractivity (Wildman–Crippen MR) is 93.6 cm³/mol. The molecule has 3 rings (SSSR count). The number of nitro groups is 1. The summed E-state index contributed by atoms with van der Waals surface area (Å²) in [5.74, 6) is -0.142. The molecule has 0 aliphatic heterocycles. The van der Waals surface area contributed by atoms with Crippen molar-refractivity contribution in [2.45, 2.75) is 32.1 Å². The zero-order valence-corrected chi connectivity index (χ0v) is 13.7. The molecule has 0 saturated heterocycles. The maximum absolute atomic E-state index is 12.2. The molecule has 2 aromatic carbocycles. The van der Waals surface area contributed by atoms with Gasteiger partial charge in [-0.25, -0.2) is 4.98 Å². The van der Waals surface area contributed by atoms with Crippen LogP contribution in [0.5, 0.6) is 0 Å². The SMILES string of the molecule is O=C(CCCCCc1ccccc1)c1nc2cc([N+](=O)[O-])ccc2o1. The summed E-state index contributed by atoms with van der Waals surface area (Å²) < 4.78 is 5.41. The van der Waals surface area contributed by atoms with Gasteiger partial charge in [-0.2, -0.15) is 0 Å². The van der Waals surface area contributed by atoms with E-state index < -0.39 is 4.92 Å². The van der Waals surface area contributed by atoms with Crippen molar-refractivity contribution in [3.8, 4) is 0 Å². The van der Waals surface area contributed by atoms with Gasteiger partial charge >= 0.3 is 0 Å². The van der Waals surface area contributed by atoms with Gasteiger partial charge in [0.15, 0.2) is 5.58 Å². The number of ketones is 1. The Morgan fingerprint density at radius 2 is 1.88 bits per heavy atom. The number of rotatable bonds is 8. The van der Waals surface area contributed by atoms with Crippen molar-refractivity contribution in [3.63, 3.8) is 0 Å². The number of unbranched alkanes of at least 4 members (excludes halogenated alkanes) is 2. The zero-order valence-electron chi connectivity index (χ0n) is 13.7. The standard InChI is InChI=1S/C19H18N2O4/c22-17(10-6-2-5-9-14-7-3-1-4-8-14)19-20-16-13-15(21(23)24)11-12-18(16)25-19/h1,3-4,7-8,11-13H,2,5-6,9-10H2. The van der Waals surface area contributed by atoms with Crippen LogP contribution in [0.4, 0.5) is 5.69 Å². The van der Waals surface area contributed by atoms with Crippen molar-refractivity contribution in [1.29, 1.82) is 0 Å². The largest absolute Gasteiger partial charge is 0.434 e. The van der Waals surface area contributed by atoms with Crippen LogP contribution in [0.3, 0.4) is 0 Å². The van der Waals surface area contributed by atoms with Crippen LogP contribution in [0.25, 0.3) is 11.1 Å². The van der Waals surface area contributed by atoms with Gasteiger partial charge in [-0.1, -0.05) is 36.8 Å². The van der Waals surface area contributed by atoms with Gasteiger partial charge in [-0.05, 0) is 30.9 Å². The Labute approximate surface area is 144 Å². The third-order valence-electron chi connectivity index (χ3n) is 4.03. The number of hydrogen-bond donors (Lipinski definition) is 0. The van der Waals surface area contributed by atoms with Crippen LogP contribution in [0.2, 0.25) is 0 Å². The number of aryl methyl sites for hydroxylation is 1. The Balaban J connectivity index is 1.51. The second-order valence-electron chi connectivity index (χ2n) is 5.90. The molecule has 0 unspecified atom stereocenters. The molecule has 0 amide bonds. The highest BCUT2D eigenvalue weighted by atomic mass is 16.6. The lowest BCUT2D eigenvalue weighted by Crippen LogP contribution is -1.99. The molecule has 1 heterocycles. The minimum atomic E-state index is -0.498. The highest BCUT2D eigenvalue weighted by molar-refractivity contribution is 5.94. The van der Waals surface area contributed by atoms with Crippen molar-refractivity contribution in [2.75, 3.05) is 0 Å². The first-order valence-corrected chi connectivity index (χ1v) is 8.25. The second-order valence-corrected chi connectivity index (χ2v) is 5.90. The molecule has 0 atom stereocenters. The normalized spacial score (nSPS) is 10.9. The minimum absolute atomic E-state index is 0.0264. The van der Waals surface area contributed by atoms with Crippen molar-refractivity contribution in [2.24, 2.45) is 0 Å². The van der Waals surface area contributed by atoms with Crippen LogP contribution in [0.15, 0.2) is 52.9 Å². The Kier molecular flexibility index (Phi) is 5.18. The van der Waals surface area contributed by atoms with Gasteiger partial charge in [0.2, 0.25) is 5.78 Å². The van der Waals surface area contributed by atoms with Gasteiger partial charge in [0.05, 0.1) is 4.92 Å². The molecule has 25 heavy (non-hydrogen) atoms. The fraction of sp³-hybridized carbons (Fsp3) is 0.263. The van der Waals surface area contributed by atoms with Crippen molar-refractivity contribution in [1.82, 2.24) is 4.98 Å². The average molecular weight is 338 g/mol. The molecule has 6 nitrogen and oxygen atoms in total. The predicted octanol–water partition coefficient (Wildman–Crippen LogP) is 4.72. The molecule has 6 heteroatoms. The first-order chi connectivity index (χ1) is 12.1. The van der Waals surface area contributed by atoms with Crippen LogP contribution in [0.1, 0.15) is 41.9 Å². The summed E-state index contributed by atoms with van der Waals surface area (Å²) in [6.07, 6.45) is 4.11. The minimum Gasteiger partial charge on any atom is -0.434 e. The average Bonchev–Trinajstić information content (AvgIpc) is 3.05. The number of hydrogen-bond acceptors (Lipinski definition) is 5. The van der Waals surface area contributed by atoms with Crippen LogP contribution in [0, 0.1) is 10.1 Å². The number of Topliss-reactive ketones (excluding diaryl/α,β-unsaturated/α-hetero) is 1. The molecule has 0 spiro atoms. The zero-order chi connectivity index (χ0) is 17.6. The van der Waals surface area contributed by atoms with Gasteiger partial charge in [-0.3, -0.25) is 14.9 Å². The maximum atomic E-state index is 12.2. The van der Waals surface area contributed by atoms with Crippen LogP contribution in [-0.4, -0.2) is 15.7 Å². The second kappa shape index (κ2) is 7.70. The Hall–Kier alpha value is -3.02. The van der Waals surface area contributed by atoms with E-state index in [1.54, 1.807) is 0 Å². The Bertz CT molecular complexity index is 887. The van der Waals surface area contributed by atoms with Crippen molar-refractivity contribution in [3.05, 3.63) is 70.1 Å². The van der Waals surface area contributed by atoms with Gasteiger partial charge in [-0.15, -0.1) is 0 Å². The van der Waals surface area contributed by atoms with Crippen LogP contribution >= 0.6 is 0 Å². The Morgan fingerprint density at radius 3 is 2.64 bits per heavy atom. The lowest BCUT2D eigenvalue weighted by atomic mass is 10.1. The molecule has 0 aliphatic rings. The van der Waals surface area contributed by atoms with Gasteiger partial charge in [0.1, 0.15) is 5.52 Å². The van der Waals surface area contributed by atoms with E-state index in [4.69, 9.17) is 4.42 Å². The number of carbonyl (C=O) groups is 1. The molecule has 0 N–H and O–H groups in total. The van der Waals surface area contributed by atoms with E-state index in [-0.39, 0.29) is 17.4 Å². The molecular weight excluding hydrogens is 320 g/mol. The van der Waals surface area contributed by atoms with E-state index in [1.165, 1.54) is 23.8 Å². The van der Waals surface area contributed by atoms with E-state index in [0.29, 0.717) is 17.5 Å². The summed E-state index contributed by atoms with van der Waals surface area (Å²) in [4.78, 5) is 26.5. The Morgan fingerprint density at radius 1 is 1.08 bits per heavy atom. The molecule has 0 fully saturated rings. The number of non-ortho nitro benzene ring substituents is 1. The molecule has 0 bridgehead atoms. The lowest BCUT2D eigenvalue weighted by Gasteiger charge is -2.00. The first-order valence-electron chi connectivity index (χ1n) is 8.25. The van der Waals surface area contributed by atoms with Gasteiger partial charge in [0.25, 0.3) is 11.6 Å². The summed E-state index contributed by atoms with van der Waals surface area (Å²) in [6, 6.07) is 14.4. The number of carbonyl (C=O) groups excluding carboxylic acids is 1. The topological polar surface area (TPSA) is 86.2 Å². The molecule has 0 saturated carbocycles. The fourth-order valence-corrected chi connectivity index (χ4v) is 2.69. The lowest BCUT2D eigenvalue weighted by molar-refractivity contribution is -0.384. The van der Waals surface area contributed by atoms with Gasteiger partial charge < -0.3 is 4.42 Å². The van der Waals surface area contributed by atoms with E-state index in [9.17, 15) is 14.9 Å². The van der Waals surface area contributed by atoms with Crippen molar-refractivity contribution >= 4 is 22.6 Å². The monoisotopic (exact) mass is 338 g/mol. The molecule has 128 valence electrons. The number of nitro benzene ring substituents is 1. The van der Waals surface area contributed by atoms with Crippen molar-refractivity contribution < 1.29 is 14.1 Å². The molecule has 0 radical (unpaired) electrons. The summed E-state index contributed by atoms with van der Waals surface area (Å²) in [7, 11) is 0. The molecule has 1 aromatic heterocycles.